The highest BCUT2D eigenvalue weighted by atomic mass is 35.5. The number of aromatic nitrogens is 2. The van der Waals surface area contributed by atoms with Gasteiger partial charge >= 0.3 is 0 Å². The van der Waals surface area contributed by atoms with Gasteiger partial charge in [0, 0.05) is 44.3 Å². The first kappa shape index (κ1) is 21.3. The van der Waals surface area contributed by atoms with E-state index in [1.165, 1.54) is 11.1 Å². The predicted molar refractivity (Wildman–Crippen MR) is 129 cm³/mol. The molecule has 0 saturated carbocycles. The molecule has 1 unspecified atom stereocenters. The number of rotatable bonds is 6. The van der Waals surface area contributed by atoms with Crippen LogP contribution in [0.4, 0.5) is 5.95 Å². The van der Waals surface area contributed by atoms with Crippen LogP contribution in [0, 0.1) is 5.92 Å². The number of halogens is 1. The minimum atomic E-state index is 0.00224. The molecule has 5 rings (SSSR count). The van der Waals surface area contributed by atoms with Gasteiger partial charge in [0.05, 0.1) is 17.0 Å². The number of H-pyrrole nitrogens is 1. The summed E-state index contributed by atoms with van der Waals surface area (Å²) in [5.41, 5.74) is 4.75. The van der Waals surface area contributed by atoms with Gasteiger partial charge in [-0.2, -0.15) is 0 Å². The normalized spacial score (nSPS) is 19.2. The molecule has 0 aliphatic carbocycles. The minimum Gasteiger partial charge on any atom is -0.356 e. The van der Waals surface area contributed by atoms with Gasteiger partial charge < -0.3 is 15.2 Å². The molecular weight excluding hydrogens is 422 g/mol. The number of amides is 1. The van der Waals surface area contributed by atoms with Crippen molar-refractivity contribution in [2.24, 2.45) is 5.92 Å². The molecule has 2 aliphatic heterocycles. The lowest BCUT2D eigenvalue weighted by Gasteiger charge is -2.32. The first-order valence-electron chi connectivity index (χ1n) is 11.6. The number of fused-ring (bicyclic) bond motifs is 2. The fourth-order valence-electron chi connectivity index (χ4n) is 4.91. The van der Waals surface area contributed by atoms with Gasteiger partial charge in [-0.15, -0.1) is 0 Å². The first-order chi connectivity index (χ1) is 15.7. The van der Waals surface area contributed by atoms with Crippen LogP contribution in [0.3, 0.4) is 0 Å². The number of carbonyl (C=O) groups is 1. The van der Waals surface area contributed by atoms with Crippen molar-refractivity contribution in [2.45, 2.75) is 32.2 Å². The number of benzene rings is 2. The fourth-order valence-corrected chi connectivity index (χ4v) is 5.08. The average molecular weight is 452 g/mol. The number of aromatic amines is 1. The van der Waals surface area contributed by atoms with Crippen LogP contribution in [0.15, 0.2) is 42.5 Å². The van der Waals surface area contributed by atoms with Gasteiger partial charge in [0.15, 0.2) is 0 Å². The van der Waals surface area contributed by atoms with E-state index in [0.29, 0.717) is 11.6 Å². The molecule has 0 radical (unpaired) electrons. The third kappa shape index (κ3) is 4.76. The molecule has 7 heteroatoms. The van der Waals surface area contributed by atoms with Gasteiger partial charge in [-0.25, -0.2) is 4.98 Å². The van der Waals surface area contributed by atoms with E-state index in [0.717, 1.165) is 75.4 Å². The van der Waals surface area contributed by atoms with Crippen molar-refractivity contribution < 1.29 is 4.79 Å². The molecular formula is C25H30ClN5O. The lowest BCUT2D eigenvalue weighted by Crippen LogP contribution is -2.44. The van der Waals surface area contributed by atoms with E-state index in [1.807, 2.05) is 18.2 Å². The van der Waals surface area contributed by atoms with Crippen LogP contribution in [0.25, 0.3) is 11.0 Å². The molecule has 0 bridgehead atoms. The molecule has 3 heterocycles. The fraction of sp³-hybridized carbons (Fsp3) is 0.440. The molecule has 32 heavy (non-hydrogen) atoms. The summed E-state index contributed by atoms with van der Waals surface area (Å²) in [6, 6.07) is 14.4. The number of carbonyl (C=O) groups excluding carboxylic acids is 1. The van der Waals surface area contributed by atoms with Gasteiger partial charge in [-0.1, -0.05) is 35.9 Å². The zero-order chi connectivity index (χ0) is 21.9. The number of piperidine rings is 1. The summed E-state index contributed by atoms with van der Waals surface area (Å²) >= 11 is 6.09. The lowest BCUT2D eigenvalue weighted by molar-refractivity contribution is -0.125. The van der Waals surface area contributed by atoms with Crippen molar-refractivity contribution in [2.75, 3.05) is 37.6 Å². The number of nitrogens with zero attached hydrogens (tertiary/aromatic N) is 3. The van der Waals surface area contributed by atoms with E-state index >= 15 is 0 Å². The van der Waals surface area contributed by atoms with Gasteiger partial charge in [-0.05, 0) is 55.0 Å². The third-order valence-corrected chi connectivity index (χ3v) is 6.92. The van der Waals surface area contributed by atoms with Crippen LogP contribution in [-0.4, -0.2) is 53.5 Å². The Hall–Kier alpha value is -2.57. The Morgan fingerprint density at radius 1 is 1.19 bits per heavy atom. The van der Waals surface area contributed by atoms with Crippen molar-refractivity contribution in [3.8, 4) is 0 Å². The molecule has 1 aromatic heterocycles. The summed E-state index contributed by atoms with van der Waals surface area (Å²) in [7, 11) is 0. The summed E-state index contributed by atoms with van der Waals surface area (Å²) in [6.45, 7) is 5.48. The highest BCUT2D eigenvalue weighted by Crippen LogP contribution is 2.25. The van der Waals surface area contributed by atoms with Crippen molar-refractivity contribution >= 4 is 34.5 Å². The van der Waals surface area contributed by atoms with Crippen LogP contribution < -0.4 is 10.2 Å². The van der Waals surface area contributed by atoms with E-state index in [1.54, 1.807) is 0 Å². The molecule has 2 aromatic carbocycles. The van der Waals surface area contributed by atoms with Crippen LogP contribution in [-0.2, 0) is 17.8 Å². The maximum absolute atomic E-state index is 12.8. The van der Waals surface area contributed by atoms with Crippen LogP contribution in [0.2, 0.25) is 5.02 Å². The molecule has 2 aliphatic rings. The largest absolute Gasteiger partial charge is 0.356 e. The average Bonchev–Trinajstić information content (AvgIpc) is 3.25. The Labute approximate surface area is 194 Å². The topological polar surface area (TPSA) is 64.3 Å². The summed E-state index contributed by atoms with van der Waals surface area (Å²) in [5.74, 6) is 0.991. The smallest absolute Gasteiger partial charge is 0.224 e. The van der Waals surface area contributed by atoms with Crippen molar-refractivity contribution in [3.05, 3.63) is 58.6 Å². The zero-order valence-electron chi connectivity index (χ0n) is 18.3. The lowest BCUT2D eigenvalue weighted by atomic mass is 9.97. The van der Waals surface area contributed by atoms with E-state index in [4.69, 9.17) is 11.6 Å². The summed E-state index contributed by atoms with van der Waals surface area (Å²) in [5, 5.41) is 3.87. The highest BCUT2D eigenvalue weighted by molar-refractivity contribution is 6.31. The Kier molecular flexibility index (Phi) is 6.32. The third-order valence-electron chi connectivity index (χ3n) is 6.68. The summed E-state index contributed by atoms with van der Waals surface area (Å²) < 4.78 is 0. The van der Waals surface area contributed by atoms with E-state index in [2.05, 4.69) is 49.4 Å². The summed E-state index contributed by atoms with van der Waals surface area (Å²) in [6.07, 6.45) is 4.02. The van der Waals surface area contributed by atoms with Gasteiger partial charge in [0.2, 0.25) is 11.9 Å². The van der Waals surface area contributed by atoms with Crippen LogP contribution in [0.1, 0.15) is 30.4 Å². The molecule has 1 amide bonds. The second-order valence-corrected chi connectivity index (χ2v) is 9.38. The molecule has 1 fully saturated rings. The number of imidazole rings is 1. The van der Waals surface area contributed by atoms with E-state index in [9.17, 15) is 4.79 Å². The Bertz CT molecular complexity index is 1100. The Morgan fingerprint density at radius 3 is 2.97 bits per heavy atom. The molecule has 1 saturated heterocycles. The minimum absolute atomic E-state index is 0.00224. The Balaban J connectivity index is 1.09. The summed E-state index contributed by atoms with van der Waals surface area (Å²) in [4.78, 5) is 25.5. The number of hydrogen-bond donors (Lipinski definition) is 2. The quantitative estimate of drug-likeness (QED) is 0.556. The highest BCUT2D eigenvalue weighted by Gasteiger charge is 2.27. The zero-order valence-corrected chi connectivity index (χ0v) is 19.1. The van der Waals surface area contributed by atoms with Crippen molar-refractivity contribution in [3.63, 3.8) is 0 Å². The van der Waals surface area contributed by atoms with Crippen molar-refractivity contribution in [1.82, 2.24) is 20.2 Å². The molecule has 168 valence electrons. The molecule has 3 aromatic rings. The second kappa shape index (κ2) is 9.51. The van der Waals surface area contributed by atoms with E-state index in [-0.39, 0.29) is 11.8 Å². The SMILES string of the molecule is O=C(NCCCN1CCc2ccccc2C1)C1CCCN(c2nc3ccc(Cl)cc3[nH]2)C1. The van der Waals surface area contributed by atoms with Gasteiger partial charge in [0.1, 0.15) is 0 Å². The molecule has 0 spiro atoms. The van der Waals surface area contributed by atoms with Crippen LogP contribution >= 0.6 is 11.6 Å². The van der Waals surface area contributed by atoms with Crippen molar-refractivity contribution in [1.29, 1.82) is 0 Å². The monoisotopic (exact) mass is 451 g/mol. The molecule has 6 nitrogen and oxygen atoms in total. The number of nitrogens with one attached hydrogen (secondary N) is 2. The molecule has 1 atom stereocenters. The maximum Gasteiger partial charge on any atom is 0.224 e. The van der Waals surface area contributed by atoms with Gasteiger partial charge in [-0.3, -0.25) is 9.69 Å². The van der Waals surface area contributed by atoms with Gasteiger partial charge in [0.25, 0.3) is 0 Å². The second-order valence-electron chi connectivity index (χ2n) is 8.95. The van der Waals surface area contributed by atoms with E-state index < -0.39 is 0 Å². The first-order valence-corrected chi connectivity index (χ1v) is 12.0. The maximum atomic E-state index is 12.8. The number of anilines is 1. The number of hydrogen-bond acceptors (Lipinski definition) is 4. The standard InChI is InChI=1S/C25H30ClN5O/c26-21-8-9-22-23(15-21)29-25(28-22)31-13-3-7-20(17-31)24(32)27-11-4-12-30-14-10-18-5-1-2-6-19(18)16-30/h1-2,5-6,8-9,15,20H,3-4,7,10-14,16-17H2,(H,27,32)(H,28,29). The molecule has 2 N–H and O–H groups in total. The Morgan fingerprint density at radius 2 is 2.06 bits per heavy atom. The van der Waals surface area contributed by atoms with Crippen LogP contribution in [0.5, 0.6) is 0 Å². The predicted octanol–water partition coefficient (Wildman–Crippen LogP) is 4.00.